The quantitative estimate of drug-likeness (QED) is 0.0619. The van der Waals surface area contributed by atoms with Crippen molar-refractivity contribution in [3.8, 4) is 22.5 Å². The Hall–Kier alpha value is -6.48. The third-order valence-corrected chi connectivity index (χ3v) is 11.7. The lowest BCUT2D eigenvalue weighted by Gasteiger charge is -2.34. The number of pyridine rings is 1. The summed E-state index contributed by atoms with van der Waals surface area (Å²) >= 11 is 0. The Balaban J connectivity index is 0.796. The number of rotatable bonds is 13. The SMILES string of the molecule is Cc1cc(-c2ncnc3[nH]c(-c4ccc(NCCNCC5CCN(c6ccc(C7CCC(=O)NC7=O)cc6)CC5)nc4)cc23)ccc1[C@@H](C)NC(=O)c1noc(C(C)(C)C)n1. The lowest BCUT2D eigenvalue weighted by Crippen LogP contribution is -2.39. The number of hydrogen-bond donors (Lipinski definition) is 5. The molecule has 2 fully saturated rings. The molecule has 2 aromatic carbocycles. The first-order valence-corrected chi connectivity index (χ1v) is 21.1. The van der Waals surface area contributed by atoms with Gasteiger partial charge in [0.2, 0.25) is 17.7 Å². The van der Waals surface area contributed by atoms with Gasteiger partial charge in [0.25, 0.3) is 11.7 Å². The molecule has 6 heterocycles. The fraction of sp³-hybridized carbons (Fsp3) is 0.391. The van der Waals surface area contributed by atoms with Crippen molar-refractivity contribution in [1.82, 2.24) is 46.0 Å². The van der Waals surface area contributed by atoms with Gasteiger partial charge < -0.3 is 30.4 Å². The number of fused-ring (bicyclic) bond motifs is 1. The molecule has 4 aromatic heterocycles. The van der Waals surface area contributed by atoms with Crippen molar-refractivity contribution < 1.29 is 18.9 Å². The largest absolute Gasteiger partial charge is 0.372 e. The molecule has 316 valence electrons. The van der Waals surface area contributed by atoms with Crippen LogP contribution in [0.1, 0.15) is 98.5 Å². The molecule has 0 aliphatic carbocycles. The maximum atomic E-state index is 12.9. The van der Waals surface area contributed by atoms with Crippen LogP contribution in [0.25, 0.3) is 33.5 Å². The highest BCUT2D eigenvalue weighted by atomic mass is 16.5. The molecule has 5 N–H and O–H groups in total. The van der Waals surface area contributed by atoms with E-state index in [0.29, 0.717) is 24.7 Å². The summed E-state index contributed by atoms with van der Waals surface area (Å²) in [5.74, 6) is 0.844. The molecule has 3 amide bonds. The molecule has 15 heteroatoms. The number of amides is 3. The van der Waals surface area contributed by atoms with Gasteiger partial charge in [-0.2, -0.15) is 4.98 Å². The molecule has 8 rings (SSSR count). The Morgan fingerprint density at radius 2 is 1.74 bits per heavy atom. The van der Waals surface area contributed by atoms with Crippen LogP contribution in [-0.4, -0.2) is 80.5 Å². The molecule has 2 aliphatic rings. The Morgan fingerprint density at radius 1 is 0.951 bits per heavy atom. The van der Waals surface area contributed by atoms with Gasteiger partial charge >= 0.3 is 0 Å². The minimum absolute atomic E-state index is 0.0163. The summed E-state index contributed by atoms with van der Waals surface area (Å²) in [4.78, 5) is 60.7. The molecule has 0 spiro atoms. The minimum Gasteiger partial charge on any atom is -0.372 e. The molecule has 2 saturated heterocycles. The Morgan fingerprint density at radius 3 is 2.44 bits per heavy atom. The van der Waals surface area contributed by atoms with Crippen LogP contribution in [0.3, 0.4) is 0 Å². The second-order valence-electron chi connectivity index (χ2n) is 17.2. The number of carbonyl (C=O) groups excluding carboxylic acids is 3. The number of aromatic amines is 1. The van der Waals surface area contributed by atoms with E-state index >= 15 is 0 Å². The third-order valence-electron chi connectivity index (χ3n) is 11.7. The number of piperidine rings is 2. The lowest BCUT2D eigenvalue weighted by atomic mass is 9.90. The Bertz CT molecular complexity index is 2520. The van der Waals surface area contributed by atoms with Crippen LogP contribution in [-0.2, 0) is 15.0 Å². The molecule has 61 heavy (non-hydrogen) atoms. The summed E-state index contributed by atoms with van der Waals surface area (Å²) in [5.41, 5.74) is 8.10. The molecular weight excluding hydrogens is 771 g/mol. The van der Waals surface area contributed by atoms with Gasteiger partial charge in [-0.3, -0.25) is 19.7 Å². The van der Waals surface area contributed by atoms with Gasteiger partial charge in [0.05, 0.1) is 17.7 Å². The fourth-order valence-corrected chi connectivity index (χ4v) is 8.16. The average Bonchev–Trinajstić information content (AvgIpc) is 3.94. The standard InChI is InChI=1S/C46H53N11O4/c1-27-22-31(8-12-34(27)28(2)52-44(60)42-55-45(61-56-42)46(3,4)5)40-36-23-37(53-41(36)51-26-50-40)32-9-14-38(49-25-32)48-19-18-47-24-29-16-20-57(21-17-29)33-10-6-30(7-11-33)35-13-15-39(58)54-43(35)59/h6-12,14,22-23,25-26,28-29,35,47H,13,15-21,24H2,1-5H3,(H,48,49)(H,52,60)(H,50,51,53)(H,54,58,59)/t28-,35?/m1/s1. The molecule has 15 nitrogen and oxygen atoms in total. The van der Waals surface area contributed by atoms with Crippen LogP contribution in [0.15, 0.2) is 77.7 Å². The maximum Gasteiger partial charge on any atom is 0.293 e. The first-order chi connectivity index (χ1) is 29.4. The van der Waals surface area contributed by atoms with Crippen molar-refractivity contribution >= 4 is 40.3 Å². The fourth-order valence-electron chi connectivity index (χ4n) is 8.16. The number of aryl methyl sites for hydroxylation is 1. The predicted molar refractivity (Wildman–Crippen MR) is 234 cm³/mol. The normalized spacial score (nSPS) is 16.7. The number of nitrogens with one attached hydrogen (secondary N) is 5. The number of carbonyl (C=O) groups is 3. The van der Waals surface area contributed by atoms with Crippen LogP contribution >= 0.6 is 0 Å². The van der Waals surface area contributed by atoms with E-state index in [4.69, 9.17) is 4.52 Å². The minimum atomic E-state index is -0.390. The zero-order valence-corrected chi connectivity index (χ0v) is 35.3. The van der Waals surface area contributed by atoms with Crippen molar-refractivity contribution in [2.75, 3.05) is 42.9 Å². The van der Waals surface area contributed by atoms with E-state index in [2.05, 4.69) is 80.5 Å². The molecule has 0 saturated carbocycles. The van der Waals surface area contributed by atoms with Gasteiger partial charge in [0, 0.05) is 72.1 Å². The number of nitrogens with zero attached hydrogens (tertiary/aromatic N) is 6. The van der Waals surface area contributed by atoms with Crippen LogP contribution in [0.4, 0.5) is 11.5 Å². The van der Waals surface area contributed by atoms with E-state index in [-0.39, 0.29) is 35.0 Å². The highest BCUT2D eigenvalue weighted by Gasteiger charge is 2.29. The maximum absolute atomic E-state index is 12.9. The van der Waals surface area contributed by atoms with Gasteiger partial charge in [-0.15, -0.1) is 0 Å². The van der Waals surface area contributed by atoms with E-state index < -0.39 is 5.91 Å². The highest BCUT2D eigenvalue weighted by molar-refractivity contribution is 6.01. The zero-order chi connectivity index (χ0) is 42.7. The van der Waals surface area contributed by atoms with Crippen molar-refractivity contribution in [3.05, 3.63) is 102 Å². The summed E-state index contributed by atoms with van der Waals surface area (Å²) in [6.07, 6.45) is 6.62. The van der Waals surface area contributed by atoms with Gasteiger partial charge in [-0.1, -0.05) is 50.2 Å². The van der Waals surface area contributed by atoms with E-state index in [0.717, 1.165) is 102 Å². The molecule has 0 bridgehead atoms. The Labute approximate surface area is 354 Å². The summed E-state index contributed by atoms with van der Waals surface area (Å²) in [5, 5.41) is 17.3. The first kappa shape index (κ1) is 41.3. The first-order valence-electron chi connectivity index (χ1n) is 21.1. The topological polar surface area (TPSA) is 196 Å². The number of imide groups is 1. The molecule has 2 atom stereocenters. The second-order valence-corrected chi connectivity index (χ2v) is 17.2. The van der Waals surface area contributed by atoms with E-state index in [1.165, 1.54) is 5.69 Å². The monoisotopic (exact) mass is 823 g/mol. The smallest absolute Gasteiger partial charge is 0.293 e. The average molecular weight is 824 g/mol. The molecule has 2 aliphatic heterocycles. The van der Waals surface area contributed by atoms with Gasteiger partial charge in [0.1, 0.15) is 17.8 Å². The van der Waals surface area contributed by atoms with E-state index in [9.17, 15) is 14.4 Å². The molecular formula is C46H53N11O4. The van der Waals surface area contributed by atoms with Crippen molar-refractivity contribution in [2.24, 2.45) is 5.92 Å². The van der Waals surface area contributed by atoms with Gasteiger partial charge in [-0.25, -0.2) is 15.0 Å². The van der Waals surface area contributed by atoms with Crippen molar-refractivity contribution in [2.45, 2.75) is 77.7 Å². The second kappa shape index (κ2) is 17.6. The molecule has 0 radical (unpaired) electrons. The number of hydrogen-bond acceptors (Lipinski definition) is 12. The van der Waals surface area contributed by atoms with Gasteiger partial charge in [0.15, 0.2) is 0 Å². The molecule has 6 aromatic rings. The summed E-state index contributed by atoms with van der Waals surface area (Å²) in [7, 11) is 0. The number of H-pyrrole nitrogens is 1. The highest BCUT2D eigenvalue weighted by Crippen LogP contribution is 2.33. The summed E-state index contributed by atoms with van der Waals surface area (Å²) in [6, 6.07) is 20.2. The van der Waals surface area contributed by atoms with Crippen LogP contribution in [0.5, 0.6) is 0 Å². The van der Waals surface area contributed by atoms with E-state index in [1.807, 2.05) is 77.2 Å². The van der Waals surface area contributed by atoms with Gasteiger partial charge in [-0.05, 0) is 98.7 Å². The third kappa shape index (κ3) is 9.46. The molecule has 1 unspecified atom stereocenters. The number of anilines is 2. The predicted octanol–water partition coefficient (Wildman–Crippen LogP) is 6.61. The van der Waals surface area contributed by atoms with E-state index in [1.54, 1.807) is 6.33 Å². The van der Waals surface area contributed by atoms with Crippen molar-refractivity contribution in [3.63, 3.8) is 0 Å². The Kier molecular flexibility index (Phi) is 11.9. The van der Waals surface area contributed by atoms with Crippen molar-refractivity contribution in [1.29, 1.82) is 0 Å². The van der Waals surface area contributed by atoms with Crippen LogP contribution in [0.2, 0.25) is 0 Å². The van der Waals surface area contributed by atoms with Crippen LogP contribution in [0, 0.1) is 12.8 Å². The summed E-state index contributed by atoms with van der Waals surface area (Å²) < 4.78 is 5.30. The number of aromatic nitrogens is 6. The van der Waals surface area contributed by atoms with Crippen LogP contribution < -0.4 is 26.2 Å². The number of benzene rings is 2. The summed E-state index contributed by atoms with van der Waals surface area (Å²) in [6.45, 7) is 14.4. The lowest BCUT2D eigenvalue weighted by molar-refractivity contribution is -0.134. The zero-order valence-electron chi connectivity index (χ0n) is 35.3.